The van der Waals surface area contributed by atoms with Crippen molar-refractivity contribution in [2.75, 3.05) is 38.3 Å². The van der Waals surface area contributed by atoms with Crippen LogP contribution in [0, 0.1) is 24.2 Å². The number of nitriles is 1. The van der Waals surface area contributed by atoms with Gasteiger partial charge < -0.3 is 14.5 Å². The van der Waals surface area contributed by atoms with Crippen LogP contribution < -0.4 is 4.90 Å². The standard InChI is InChI=1S/C28H33N5O2/c1-4-22-15-21(9-11-30-22)26-18(2)23(16-29)28(31-27(26)20-7-8-20)32-12-13-33(25(34)10-14-35-3)24(17-32)19-5-6-19/h4,9,11,15,19-20,24H,1,5-8,10,12-14,17H2,2-3H3. The minimum Gasteiger partial charge on any atom is -0.384 e. The molecule has 5 rings (SSSR count). The van der Waals surface area contributed by atoms with Crippen LogP contribution in [0.3, 0.4) is 0 Å². The molecule has 0 aromatic carbocycles. The summed E-state index contributed by atoms with van der Waals surface area (Å²) in [6.45, 7) is 8.41. The molecule has 0 N–H and O–H groups in total. The van der Waals surface area contributed by atoms with Crippen LogP contribution in [-0.4, -0.2) is 60.2 Å². The molecule has 0 bridgehead atoms. The number of ether oxygens (including phenoxy) is 1. The van der Waals surface area contributed by atoms with Crippen LogP contribution in [0.15, 0.2) is 24.9 Å². The summed E-state index contributed by atoms with van der Waals surface area (Å²) in [5, 5.41) is 10.2. The van der Waals surface area contributed by atoms with E-state index < -0.39 is 0 Å². The van der Waals surface area contributed by atoms with Crippen LogP contribution in [0.4, 0.5) is 5.82 Å². The van der Waals surface area contributed by atoms with Crippen LogP contribution in [0.1, 0.15) is 60.5 Å². The molecule has 0 radical (unpaired) electrons. The lowest BCUT2D eigenvalue weighted by molar-refractivity contribution is -0.135. The average Bonchev–Trinajstić information content (AvgIpc) is 3.79. The Labute approximate surface area is 207 Å². The minimum atomic E-state index is 0.165. The number of hydrogen-bond acceptors (Lipinski definition) is 6. The molecule has 2 aromatic heterocycles. The summed E-state index contributed by atoms with van der Waals surface area (Å²) >= 11 is 0. The summed E-state index contributed by atoms with van der Waals surface area (Å²) < 4.78 is 5.14. The molecule has 1 unspecified atom stereocenters. The van der Waals surface area contributed by atoms with Crippen molar-refractivity contribution in [1.82, 2.24) is 14.9 Å². The smallest absolute Gasteiger partial charge is 0.225 e. The normalized spacial score (nSPS) is 20.0. The Bertz CT molecular complexity index is 1180. The largest absolute Gasteiger partial charge is 0.384 e. The van der Waals surface area contributed by atoms with E-state index in [4.69, 9.17) is 9.72 Å². The van der Waals surface area contributed by atoms with Gasteiger partial charge in [0.1, 0.15) is 11.9 Å². The van der Waals surface area contributed by atoms with Crippen LogP contribution in [0.25, 0.3) is 17.2 Å². The molecule has 1 amide bonds. The van der Waals surface area contributed by atoms with Gasteiger partial charge in [-0.1, -0.05) is 6.58 Å². The van der Waals surface area contributed by atoms with Gasteiger partial charge >= 0.3 is 0 Å². The Morgan fingerprint density at radius 3 is 2.77 bits per heavy atom. The summed E-state index contributed by atoms with van der Waals surface area (Å²) in [5.41, 5.74) is 5.60. The highest BCUT2D eigenvalue weighted by molar-refractivity contribution is 5.79. The number of aromatic nitrogens is 2. The second-order valence-electron chi connectivity index (χ2n) is 9.94. The van der Waals surface area contributed by atoms with Crippen molar-refractivity contribution < 1.29 is 9.53 Å². The first-order valence-corrected chi connectivity index (χ1v) is 12.6. The maximum absolute atomic E-state index is 12.9. The van der Waals surface area contributed by atoms with Gasteiger partial charge in [0.25, 0.3) is 0 Å². The van der Waals surface area contributed by atoms with Crippen molar-refractivity contribution in [2.45, 2.75) is 51.0 Å². The quantitative estimate of drug-likeness (QED) is 0.571. The fraction of sp³-hybridized carbons (Fsp3) is 0.500. The highest BCUT2D eigenvalue weighted by Crippen LogP contribution is 2.47. The molecule has 7 heteroatoms. The zero-order chi connectivity index (χ0) is 24.5. The monoisotopic (exact) mass is 471 g/mol. The lowest BCUT2D eigenvalue weighted by Gasteiger charge is -2.43. The number of amides is 1. The predicted octanol–water partition coefficient (Wildman–Crippen LogP) is 4.31. The van der Waals surface area contributed by atoms with E-state index in [0.29, 0.717) is 43.5 Å². The molecule has 1 saturated heterocycles. The lowest BCUT2D eigenvalue weighted by Crippen LogP contribution is -2.56. The van der Waals surface area contributed by atoms with E-state index >= 15 is 0 Å². The van der Waals surface area contributed by atoms with Crippen molar-refractivity contribution in [3.63, 3.8) is 0 Å². The summed E-state index contributed by atoms with van der Waals surface area (Å²) in [4.78, 5) is 26.7. The van der Waals surface area contributed by atoms with Gasteiger partial charge in [-0.15, -0.1) is 0 Å². The molecular formula is C28H33N5O2. The SMILES string of the molecule is C=Cc1cc(-c2c(C3CC3)nc(N3CCN(C(=O)CCOC)C(C4CC4)C3)c(C#N)c2C)ccn1. The first-order valence-electron chi connectivity index (χ1n) is 12.6. The molecule has 7 nitrogen and oxygen atoms in total. The molecule has 1 aliphatic heterocycles. The van der Waals surface area contributed by atoms with E-state index in [1.54, 1.807) is 19.4 Å². The van der Waals surface area contributed by atoms with Gasteiger partial charge in [0.15, 0.2) is 0 Å². The van der Waals surface area contributed by atoms with E-state index in [9.17, 15) is 10.1 Å². The molecule has 35 heavy (non-hydrogen) atoms. The molecule has 2 aliphatic carbocycles. The molecule has 2 saturated carbocycles. The van der Waals surface area contributed by atoms with Crippen LogP contribution in [0.5, 0.6) is 0 Å². The van der Waals surface area contributed by atoms with Crippen molar-refractivity contribution in [3.05, 3.63) is 47.4 Å². The number of carbonyl (C=O) groups excluding carboxylic acids is 1. The first kappa shape index (κ1) is 23.5. The number of methoxy groups -OCH3 is 1. The van der Waals surface area contributed by atoms with Crippen LogP contribution in [0.2, 0.25) is 0 Å². The maximum Gasteiger partial charge on any atom is 0.225 e. The molecule has 3 aliphatic rings. The summed E-state index contributed by atoms with van der Waals surface area (Å²) in [5.74, 6) is 1.90. The van der Waals surface area contributed by atoms with E-state index in [-0.39, 0.29) is 11.9 Å². The fourth-order valence-corrected chi connectivity index (χ4v) is 5.33. The van der Waals surface area contributed by atoms with E-state index in [1.165, 1.54) is 0 Å². The Hall–Kier alpha value is -3.24. The van der Waals surface area contributed by atoms with Gasteiger partial charge in [-0.05, 0) is 67.9 Å². The number of carbonyl (C=O) groups is 1. The van der Waals surface area contributed by atoms with E-state index in [0.717, 1.165) is 66.1 Å². The molecule has 0 spiro atoms. The first-order chi connectivity index (χ1) is 17.0. The lowest BCUT2D eigenvalue weighted by atomic mass is 9.93. The number of hydrogen-bond donors (Lipinski definition) is 0. The Balaban J connectivity index is 1.51. The molecule has 182 valence electrons. The molecule has 1 atom stereocenters. The third kappa shape index (κ3) is 4.68. The average molecular weight is 472 g/mol. The maximum atomic E-state index is 12.9. The third-order valence-electron chi connectivity index (χ3n) is 7.54. The predicted molar refractivity (Wildman–Crippen MR) is 136 cm³/mol. The number of rotatable bonds is 8. The molecule has 3 heterocycles. The van der Waals surface area contributed by atoms with Gasteiger partial charge in [0, 0.05) is 44.4 Å². The minimum absolute atomic E-state index is 0.165. The second kappa shape index (κ2) is 9.79. The molecule has 2 aromatic rings. The summed E-state index contributed by atoms with van der Waals surface area (Å²) in [6.07, 6.45) is 8.51. The van der Waals surface area contributed by atoms with Crippen molar-refractivity contribution in [1.29, 1.82) is 5.26 Å². The summed E-state index contributed by atoms with van der Waals surface area (Å²) in [7, 11) is 1.63. The van der Waals surface area contributed by atoms with Gasteiger partial charge in [-0.3, -0.25) is 9.78 Å². The van der Waals surface area contributed by atoms with Gasteiger partial charge in [-0.2, -0.15) is 5.26 Å². The van der Waals surface area contributed by atoms with Crippen molar-refractivity contribution in [3.8, 4) is 17.2 Å². The second-order valence-corrected chi connectivity index (χ2v) is 9.94. The topological polar surface area (TPSA) is 82.4 Å². The molecule has 3 fully saturated rings. The Morgan fingerprint density at radius 1 is 1.31 bits per heavy atom. The number of anilines is 1. The van der Waals surface area contributed by atoms with Crippen LogP contribution in [-0.2, 0) is 9.53 Å². The highest BCUT2D eigenvalue weighted by Gasteiger charge is 2.42. The third-order valence-corrected chi connectivity index (χ3v) is 7.54. The van der Waals surface area contributed by atoms with Gasteiger partial charge in [0.05, 0.1) is 36.0 Å². The highest BCUT2D eigenvalue weighted by atomic mass is 16.5. The number of pyridine rings is 2. The van der Waals surface area contributed by atoms with Gasteiger partial charge in [0.2, 0.25) is 5.91 Å². The number of piperazine rings is 1. The Morgan fingerprint density at radius 2 is 2.11 bits per heavy atom. The van der Waals surface area contributed by atoms with Crippen LogP contribution >= 0.6 is 0 Å². The van der Waals surface area contributed by atoms with E-state index in [1.807, 2.05) is 19.1 Å². The molecular weight excluding hydrogens is 438 g/mol. The summed E-state index contributed by atoms with van der Waals surface area (Å²) in [6, 6.07) is 6.66. The number of nitrogens with zero attached hydrogens (tertiary/aromatic N) is 5. The zero-order valence-electron chi connectivity index (χ0n) is 20.7. The fourth-order valence-electron chi connectivity index (χ4n) is 5.33. The van der Waals surface area contributed by atoms with Gasteiger partial charge in [-0.25, -0.2) is 4.98 Å². The zero-order valence-corrected chi connectivity index (χ0v) is 20.7. The van der Waals surface area contributed by atoms with E-state index in [2.05, 4.69) is 27.4 Å². The Kier molecular flexibility index (Phi) is 6.57. The van der Waals surface area contributed by atoms with Crippen molar-refractivity contribution in [2.24, 2.45) is 5.92 Å². The van der Waals surface area contributed by atoms with Crippen molar-refractivity contribution >= 4 is 17.8 Å².